The Labute approximate surface area is 282 Å². The summed E-state index contributed by atoms with van der Waals surface area (Å²) in [6.45, 7) is 3.19. The molecule has 4 rings (SSSR count). The van der Waals surface area contributed by atoms with Crippen LogP contribution < -0.4 is 19.1 Å². The quantitative estimate of drug-likeness (QED) is 0.163. The number of sulfonamides is 1. The first kappa shape index (κ1) is 35.3. The molecule has 0 aliphatic carbocycles. The van der Waals surface area contributed by atoms with Gasteiger partial charge in [0.2, 0.25) is 11.8 Å². The van der Waals surface area contributed by atoms with E-state index >= 15 is 0 Å². The van der Waals surface area contributed by atoms with Gasteiger partial charge in [-0.15, -0.1) is 0 Å². The Kier molecular flexibility index (Phi) is 12.3. The molecule has 9 nitrogen and oxygen atoms in total. The zero-order chi connectivity index (χ0) is 34.0. The minimum absolute atomic E-state index is 0.0354. The van der Waals surface area contributed by atoms with Gasteiger partial charge in [0.25, 0.3) is 10.0 Å². The number of ether oxygens (including phenoxy) is 2. The van der Waals surface area contributed by atoms with E-state index in [9.17, 15) is 18.0 Å². The first-order valence-corrected chi connectivity index (χ1v) is 17.1. The van der Waals surface area contributed by atoms with Gasteiger partial charge in [0.15, 0.2) is 0 Å². The van der Waals surface area contributed by atoms with Crippen LogP contribution in [0.2, 0.25) is 5.02 Å². The van der Waals surface area contributed by atoms with Crippen molar-refractivity contribution in [2.24, 2.45) is 0 Å². The van der Waals surface area contributed by atoms with Crippen LogP contribution >= 0.6 is 11.6 Å². The second-order valence-electron chi connectivity index (χ2n) is 11.0. The third kappa shape index (κ3) is 8.84. The van der Waals surface area contributed by atoms with Crippen molar-refractivity contribution in [3.63, 3.8) is 0 Å². The highest BCUT2D eigenvalue weighted by molar-refractivity contribution is 7.92. The maximum absolute atomic E-state index is 14.6. The second kappa shape index (κ2) is 16.3. The van der Waals surface area contributed by atoms with E-state index in [-0.39, 0.29) is 41.2 Å². The normalized spacial score (nSPS) is 12.4. The average Bonchev–Trinajstić information content (AvgIpc) is 3.09. The molecule has 11 heteroatoms. The lowest BCUT2D eigenvalue weighted by molar-refractivity contribution is -0.140. The Hall–Kier alpha value is -4.54. The Morgan fingerprint density at radius 3 is 2.13 bits per heavy atom. The van der Waals surface area contributed by atoms with Crippen LogP contribution in [-0.2, 0) is 32.6 Å². The van der Waals surface area contributed by atoms with Gasteiger partial charge in [-0.2, -0.15) is 0 Å². The van der Waals surface area contributed by atoms with Crippen molar-refractivity contribution in [2.75, 3.05) is 25.1 Å². The zero-order valence-corrected chi connectivity index (χ0v) is 28.5. The standard InChI is InChI=1S/C36H40ClN3O6S/c1-5-26(2)38-36(42)33(23-27-13-7-6-8-14-27)39(24-28-15-9-10-16-31(28)37)35(41)25-40(32-17-11-12-18-34(32)46-4)47(43,44)30-21-19-29(45-3)20-22-30/h6-22,26,33H,5,23-25H2,1-4H3,(H,38,42)/t26-,33+/m0/s1. The predicted octanol–water partition coefficient (Wildman–Crippen LogP) is 6.11. The fourth-order valence-electron chi connectivity index (χ4n) is 5.03. The topological polar surface area (TPSA) is 105 Å². The van der Waals surface area contributed by atoms with Gasteiger partial charge < -0.3 is 19.7 Å². The molecule has 0 unspecified atom stereocenters. The summed E-state index contributed by atoms with van der Waals surface area (Å²) in [5.74, 6) is -0.227. The van der Waals surface area contributed by atoms with Crippen molar-refractivity contribution in [3.8, 4) is 11.5 Å². The SMILES string of the molecule is CC[C@H](C)NC(=O)[C@@H](Cc1ccccc1)N(Cc1ccccc1Cl)C(=O)CN(c1ccccc1OC)S(=O)(=O)c1ccc(OC)cc1. The number of halogens is 1. The number of carbonyl (C=O) groups excluding carboxylic acids is 2. The van der Waals surface area contributed by atoms with Gasteiger partial charge in [0.1, 0.15) is 24.1 Å². The van der Waals surface area contributed by atoms with Gasteiger partial charge in [-0.1, -0.05) is 79.2 Å². The summed E-state index contributed by atoms with van der Waals surface area (Å²) in [4.78, 5) is 30.0. The lowest BCUT2D eigenvalue weighted by atomic mass is 10.0. The highest BCUT2D eigenvalue weighted by Gasteiger charge is 2.36. The molecular formula is C36H40ClN3O6S. The van der Waals surface area contributed by atoms with Crippen LogP contribution in [0.5, 0.6) is 11.5 Å². The first-order chi connectivity index (χ1) is 22.6. The van der Waals surface area contributed by atoms with Gasteiger partial charge in [-0.25, -0.2) is 8.42 Å². The molecule has 2 amide bonds. The number of amides is 2. The Morgan fingerprint density at radius 2 is 1.49 bits per heavy atom. The summed E-state index contributed by atoms with van der Waals surface area (Å²) in [5.41, 5.74) is 1.61. The summed E-state index contributed by atoms with van der Waals surface area (Å²) in [6, 6.07) is 27.8. The molecule has 0 aliphatic rings. The molecule has 1 N–H and O–H groups in total. The van der Waals surface area contributed by atoms with Crippen LogP contribution in [0.1, 0.15) is 31.4 Å². The number of methoxy groups -OCH3 is 2. The number of hydrogen-bond donors (Lipinski definition) is 1. The number of hydrogen-bond acceptors (Lipinski definition) is 6. The maximum atomic E-state index is 14.6. The molecule has 4 aromatic rings. The summed E-state index contributed by atoms with van der Waals surface area (Å²) < 4.78 is 40.4. The molecule has 0 spiro atoms. The lowest BCUT2D eigenvalue weighted by Gasteiger charge is -2.34. The molecule has 248 valence electrons. The smallest absolute Gasteiger partial charge is 0.264 e. The first-order valence-electron chi connectivity index (χ1n) is 15.3. The van der Waals surface area contributed by atoms with Gasteiger partial charge in [0.05, 0.1) is 24.8 Å². The number of para-hydroxylation sites is 2. The molecule has 0 bridgehead atoms. The molecule has 0 saturated heterocycles. The fraction of sp³-hybridized carbons (Fsp3) is 0.278. The van der Waals surface area contributed by atoms with Gasteiger partial charge in [-0.3, -0.25) is 13.9 Å². The molecule has 0 aliphatic heterocycles. The molecule has 2 atom stereocenters. The molecule has 47 heavy (non-hydrogen) atoms. The number of carbonyl (C=O) groups is 2. The van der Waals surface area contributed by atoms with E-state index in [0.717, 1.165) is 9.87 Å². The fourth-order valence-corrected chi connectivity index (χ4v) is 6.65. The van der Waals surface area contributed by atoms with Gasteiger partial charge in [0, 0.05) is 24.0 Å². The zero-order valence-electron chi connectivity index (χ0n) is 26.9. The van der Waals surface area contributed by atoms with E-state index in [1.807, 2.05) is 44.2 Å². The van der Waals surface area contributed by atoms with E-state index in [1.54, 1.807) is 48.5 Å². The van der Waals surface area contributed by atoms with Gasteiger partial charge in [-0.05, 0) is 66.9 Å². The summed E-state index contributed by atoms with van der Waals surface area (Å²) in [7, 11) is -1.41. The molecule has 0 saturated carbocycles. The third-order valence-electron chi connectivity index (χ3n) is 7.85. The Balaban J connectivity index is 1.84. The Bertz CT molecular complexity index is 1750. The molecule has 0 fully saturated rings. The van der Waals surface area contributed by atoms with Crippen LogP contribution in [0.4, 0.5) is 5.69 Å². The van der Waals surface area contributed by atoms with Crippen molar-refractivity contribution < 1.29 is 27.5 Å². The van der Waals surface area contributed by atoms with Crippen LogP contribution in [0.25, 0.3) is 0 Å². The van der Waals surface area contributed by atoms with E-state index in [1.165, 1.54) is 43.4 Å². The maximum Gasteiger partial charge on any atom is 0.264 e. The number of benzene rings is 4. The van der Waals surface area contributed by atoms with Crippen LogP contribution in [-0.4, -0.2) is 58.0 Å². The number of nitrogens with zero attached hydrogens (tertiary/aromatic N) is 2. The van der Waals surface area contributed by atoms with E-state index < -0.39 is 28.5 Å². The molecule has 4 aromatic carbocycles. The highest BCUT2D eigenvalue weighted by Crippen LogP contribution is 2.33. The van der Waals surface area contributed by atoms with Crippen molar-refractivity contribution >= 4 is 39.1 Å². The monoisotopic (exact) mass is 677 g/mol. The lowest BCUT2D eigenvalue weighted by Crippen LogP contribution is -2.54. The largest absolute Gasteiger partial charge is 0.497 e. The van der Waals surface area contributed by atoms with E-state index in [4.69, 9.17) is 21.1 Å². The van der Waals surface area contributed by atoms with Crippen molar-refractivity contribution in [3.05, 3.63) is 119 Å². The van der Waals surface area contributed by atoms with Crippen molar-refractivity contribution in [2.45, 2.75) is 50.2 Å². The summed E-state index contributed by atoms with van der Waals surface area (Å²) in [5, 5.41) is 3.44. The minimum Gasteiger partial charge on any atom is -0.497 e. The van der Waals surface area contributed by atoms with Crippen LogP contribution in [0, 0.1) is 0 Å². The third-order valence-corrected chi connectivity index (χ3v) is 9.99. The molecule has 0 heterocycles. The predicted molar refractivity (Wildman–Crippen MR) is 184 cm³/mol. The number of anilines is 1. The van der Waals surface area contributed by atoms with Crippen molar-refractivity contribution in [1.82, 2.24) is 10.2 Å². The average molecular weight is 678 g/mol. The van der Waals surface area contributed by atoms with Crippen molar-refractivity contribution in [1.29, 1.82) is 0 Å². The minimum atomic E-state index is -4.33. The van der Waals surface area contributed by atoms with Crippen LogP contribution in [0.15, 0.2) is 108 Å². The molecular weight excluding hydrogens is 638 g/mol. The Morgan fingerprint density at radius 1 is 0.851 bits per heavy atom. The number of rotatable bonds is 15. The van der Waals surface area contributed by atoms with E-state index in [0.29, 0.717) is 22.8 Å². The van der Waals surface area contributed by atoms with Crippen LogP contribution in [0.3, 0.4) is 0 Å². The summed E-state index contributed by atoms with van der Waals surface area (Å²) >= 11 is 6.57. The number of nitrogens with one attached hydrogen (secondary N) is 1. The summed E-state index contributed by atoms with van der Waals surface area (Å²) in [6.07, 6.45) is 0.878. The second-order valence-corrected chi connectivity index (χ2v) is 13.3. The van der Waals surface area contributed by atoms with Gasteiger partial charge >= 0.3 is 0 Å². The van der Waals surface area contributed by atoms with E-state index in [2.05, 4.69) is 5.32 Å². The highest BCUT2D eigenvalue weighted by atomic mass is 35.5. The molecule has 0 radical (unpaired) electrons. The molecule has 0 aromatic heterocycles.